The Balaban J connectivity index is 1.55. The fourth-order valence-electron chi connectivity index (χ4n) is 2.59. The van der Waals surface area contributed by atoms with E-state index in [0.29, 0.717) is 29.5 Å². The molecule has 31 heavy (non-hydrogen) atoms. The highest BCUT2D eigenvalue weighted by molar-refractivity contribution is 14.1. The van der Waals surface area contributed by atoms with Crippen molar-refractivity contribution in [1.82, 2.24) is 0 Å². The molecule has 0 radical (unpaired) electrons. The summed E-state index contributed by atoms with van der Waals surface area (Å²) in [6.07, 6.45) is 0. The Morgan fingerprint density at radius 3 is 2.00 bits per heavy atom. The number of halogens is 1. The van der Waals surface area contributed by atoms with Crippen LogP contribution in [0.1, 0.15) is 6.92 Å². The van der Waals surface area contributed by atoms with Crippen molar-refractivity contribution in [2.24, 2.45) is 0 Å². The van der Waals surface area contributed by atoms with Crippen LogP contribution in [0.3, 0.4) is 0 Å². The summed E-state index contributed by atoms with van der Waals surface area (Å²) in [6, 6.07) is 19.9. The second-order valence-electron chi connectivity index (χ2n) is 6.38. The normalized spacial score (nSPS) is 10.9. The zero-order valence-electron chi connectivity index (χ0n) is 16.7. The SMILES string of the molecule is CCOc1ccc(NS(=O)(=O)c2ccc(OCC(=O)Nc3ccc(I)cc3)cc2)cc1. The molecule has 0 aliphatic heterocycles. The van der Waals surface area contributed by atoms with Crippen LogP contribution in [0.2, 0.25) is 0 Å². The highest BCUT2D eigenvalue weighted by Crippen LogP contribution is 2.21. The molecule has 9 heteroatoms. The summed E-state index contributed by atoms with van der Waals surface area (Å²) in [5.74, 6) is 0.742. The predicted octanol–water partition coefficient (Wildman–Crippen LogP) is 4.51. The molecule has 0 aliphatic rings. The van der Waals surface area contributed by atoms with Crippen molar-refractivity contribution in [1.29, 1.82) is 0 Å². The first-order chi connectivity index (χ1) is 14.9. The minimum atomic E-state index is -3.76. The fraction of sp³-hybridized carbons (Fsp3) is 0.136. The van der Waals surface area contributed by atoms with Crippen LogP contribution in [0.4, 0.5) is 11.4 Å². The Kier molecular flexibility index (Phi) is 7.75. The first kappa shape index (κ1) is 22.9. The maximum absolute atomic E-state index is 12.6. The Hall–Kier alpha value is -2.79. The van der Waals surface area contributed by atoms with Gasteiger partial charge in [0.2, 0.25) is 0 Å². The first-order valence-corrected chi connectivity index (χ1v) is 12.0. The highest BCUT2D eigenvalue weighted by Gasteiger charge is 2.14. The predicted molar refractivity (Wildman–Crippen MR) is 128 cm³/mol. The molecule has 0 aliphatic carbocycles. The van der Waals surface area contributed by atoms with Crippen molar-refractivity contribution in [2.75, 3.05) is 23.3 Å². The van der Waals surface area contributed by atoms with E-state index in [9.17, 15) is 13.2 Å². The lowest BCUT2D eigenvalue weighted by molar-refractivity contribution is -0.118. The Morgan fingerprint density at radius 2 is 1.39 bits per heavy atom. The molecule has 0 bridgehead atoms. The van der Waals surface area contributed by atoms with Crippen LogP contribution in [-0.2, 0) is 14.8 Å². The zero-order valence-corrected chi connectivity index (χ0v) is 19.6. The molecule has 0 saturated heterocycles. The van der Waals surface area contributed by atoms with Crippen molar-refractivity contribution in [3.63, 3.8) is 0 Å². The van der Waals surface area contributed by atoms with Gasteiger partial charge in [-0.2, -0.15) is 0 Å². The van der Waals surface area contributed by atoms with E-state index in [1.165, 1.54) is 24.3 Å². The minimum Gasteiger partial charge on any atom is -0.494 e. The van der Waals surface area contributed by atoms with Crippen LogP contribution in [-0.4, -0.2) is 27.5 Å². The summed E-state index contributed by atoms with van der Waals surface area (Å²) in [6.45, 7) is 2.22. The van der Waals surface area contributed by atoms with E-state index >= 15 is 0 Å². The Bertz CT molecular complexity index is 1120. The van der Waals surface area contributed by atoms with Gasteiger partial charge in [0.05, 0.1) is 11.5 Å². The average Bonchev–Trinajstić information content (AvgIpc) is 2.76. The van der Waals surface area contributed by atoms with Gasteiger partial charge in [-0.05, 0) is 102 Å². The van der Waals surface area contributed by atoms with E-state index in [1.807, 2.05) is 19.1 Å². The quantitative estimate of drug-likeness (QED) is 0.382. The molecule has 3 aromatic carbocycles. The summed E-state index contributed by atoms with van der Waals surface area (Å²) in [4.78, 5) is 12.1. The lowest BCUT2D eigenvalue weighted by atomic mass is 10.3. The van der Waals surface area contributed by atoms with Crippen LogP contribution >= 0.6 is 22.6 Å². The third-order valence-electron chi connectivity index (χ3n) is 4.05. The van der Waals surface area contributed by atoms with E-state index in [0.717, 1.165) is 3.57 Å². The fourth-order valence-corrected chi connectivity index (χ4v) is 4.01. The molecule has 0 unspecified atom stereocenters. The van der Waals surface area contributed by atoms with Crippen molar-refractivity contribution in [2.45, 2.75) is 11.8 Å². The first-order valence-electron chi connectivity index (χ1n) is 9.40. The van der Waals surface area contributed by atoms with Crippen LogP contribution < -0.4 is 19.5 Å². The van der Waals surface area contributed by atoms with E-state index in [4.69, 9.17) is 9.47 Å². The van der Waals surface area contributed by atoms with Crippen LogP contribution in [0.5, 0.6) is 11.5 Å². The lowest BCUT2D eigenvalue weighted by Crippen LogP contribution is -2.20. The molecule has 0 fully saturated rings. The number of carbonyl (C=O) groups is 1. The summed E-state index contributed by atoms with van der Waals surface area (Å²) in [5, 5.41) is 2.73. The summed E-state index contributed by atoms with van der Waals surface area (Å²) in [7, 11) is -3.76. The van der Waals surface area contributed by atoms with Gasteiger partial charge >= 0.3 is 0 Å². The molecular formula is C22H21IN2O5S. The second-order valence-corrected chi connectivity index (χ2v) is 9.31. The van der Waals surface area contributed by atoms with Crippen molar-refractivity contribution >= 4 is 49.9 Å². The molecule has 3 rings (SSSR count). The monoisotopic (exact) mass is 552 g/mol. The minimum absolute atomic E-state index is 0.0806. The van der Waals surface area contributed by atoms with Crippen LogP contribution in [0.25, 0.3) is 0 Å². The maximum Gasteiger partial charge on any atom is 0.262 e. The van der Waals surface area contributed by atoms with Gasteiger partial charge in [-0.1, -0.05) is 0 Å². The molecule has 162 valence electrons. The molecular weight excluding hydrogens is 531 g/mol. The number of carbonyl (C=O) groups excluding carboxylic acids is 1. The molecule has 1 amide bonds. The van der Waals surface area contributed by atoms with Gasteiger partial charge in [-0.3, -0.25) is 9.52 Å². The van der Waals surface area contributed by atoms with Gasteiger partial charge in [-0.25, -0.2) is 8.42 Å². The summed E-state index contributed by atoms with van der Waals surface area (Å²) < 4.78 is 39.5. The average molecular weight is 552 g/mol. The third kappa shape index (κ3) is 6.86. The summed E-state index contributed by atoms with van der Waals surface area (Å²) in [5.41, 5.74) is 1.10. The Morgan fingerprint density at radius 1 is 0.839 bits per heavy atom. The topological polar surface area (TPSA) is 93.7 Å². The van der Waals surface area contributed by atoms with E-state index in [-0.39, 0.29) is 17.4 Å². The number of nitrogens with one attached hydrogen (secondary N) is 2. The molecule has 7 nitrogen and oxygen atoms in total. The number of rotatable bonds is 9. The number of hydrogen-bond donors (Lipinski definition) is 2. The maximum atomic E-state index is 12.6. The van der Waals surface area contributed by atoms with Crippen LogP contribution in [0, 0.1) is 3.57 Å². The lowest BCUT2D eigenvalue weighted by Gasteiger charge is -2.11. The largest absolute Gasteiger partial charge is 0.494 e. The molecule has 0 saturated carbocycles. The van der Waals surface area contributed by atoms with Gasteiger partial charge in [0.25, 0.3) is 15.9 Å². The van der Waals surface area contributed by atoms with E-state index in [2.05, 4.69) is 32.6 Å². The van der Waals surface area contributed by atoms with E-state index in [1.54, 1.807) is 36.4 Å². The smallest absolute Gasteiger partial charge is 0.262 e. The number of benzene rings is 3. The Labute approximate surface area is 195 Å². The molecule has 3 aromatic rings. The van der Waals surface area contributed by atoms with Crippen molar-refractivity contribution in [3.05, 3.63) is 76.4 Å². The summed E-state index contributed by atoms with van der Waals surface area (Å²) >= 11 is 2.18. The van der Waals surface area contributed by atoms with Gasteiger partial charge in [0.1, 0.15) is 11.5 Å². The van der Waals surface area contributed by atoms with Gasteiger partial charge in [-0.15, -0.1) is 0 Å². The highest BCUT2D eigenvalue weighted by atomic mass is 127. The van der Waals surface area contributed by atoms with Crippen LogP contribution in [0.15, 0.2) is 77.7 Å². The zero-order chi connectivity index (χ0) is 22.3. The van der Waals surface area contributed by atoms with Gasteiger partial charge < -0.3 is 14.8 Å². The number of anilines is 2. The molecule has 2 N–H and O–H groups in total. The van der Waals surface area contributed by atoms with Gasteiger partial charge in [0.15, 0.2) is 6.61 Å². The van der Waals surface area contributed by atoms with Crippen molar-refractivity contribution < 1.29 is 22.7 Å². The standard InChI is InChI=1S/C22H21IN2O5S/c1-2-29-19-9-7-18(8-10-19)25-31(27,28)21-13-11-20(12-14-21)30-15-22(26)24-17-5-3-16(23)4-6-17/h3-14,25H,2,15H2,1H3,(H,24,26). The number of hydrogen-bond acceptors (Lipinski definition) is 5. The second kappa shape index (κ2) is 10.5. The third-order valence-corrected chi connectivity index (χ3v) is 6.17. The molecule has 0 heterocycles. The molecule has 0 spiro atoms. The number of sulfonamides is 1. The van der Waals surface area contributed by atoms with E-state index < -0.39 is 10.0 Å². The number of amides is 1. The molecule has 0 atom stereocenters. The molecule has 0 aromatic heterocycles. The number of ether oxygens (including phenoxy) is 2. The van der Waals surface area contributed by atoms with Gasteiger partial charge in [0, 0.05) is 14.9 Å². The van der Waals surface area contributed by atoms with Crippen molar-refractivity contribution in [3.8, 4) is 11.5 Å².